The molecule has 1 rings (SSSR count). The lowest BCUT2D eigenvalue weighted by Crippen LogP contribution is -2.43. The molecule has 90 valence electrons. The monoisotopic (exact) mass is 216 g/mol. The normalized spacial score (nSPS) is 23.2. The third kappa shape index (κ3) is 6.10. The van der Waals surface area contributed by atoms with Crippen LogP contribution in [0.5, 0.6) is 0 Å². The topological polar surface area (TPSA) is 47.7 Å². The van der Waals surface area contributed by atoms with Crippen LogP contribution in [0.1, 0.15) is 19.3 Å². The number of rotatable bonds is 7. The summed E-state index contributed by atoms with van der Waals surface area (Å²) >= 11 is 0. The molecular formula is C11H24N2O2. The number of nitrogens with two attached hydrogens (primary N) is 1. The van der Waals surface area contributed by atoms with Gasteiger partial charge in [-0.3, -0.25) is 0 Å². The summed E-state index contributed by atoms with van der Waals surface area (Å²) in [5.41, 5.74) is 5.91. The molecule has 4 nitrogen and oxygen atoms in total. The third-order valence-corrected chi connectivity index (χ3v) is 2.74. The van der Waals surface area contributed by atoms with Gasteiger partial charge in [0.1, 0.15) is 0 Å². The smallest absolute Gasteiger partial charge is 0.0700 e. The molecule has 0 aromatic rings. The average molecular weight is 216 g/mol. The second-order valence-electron chi connectivity index (χ2n) is 4.16. The minimum absolute atomic E-state index is 0.383. The van der Waals surface area contributed by atoms with E-state index in [1.54, 1.807) is 7.11 Å². The van der Waals surface area contributed by atoms with Crippen LogP contribution in [0, 0.1) is 0 Å². The van der Waals surface area contributed by atoms with E-state index in [4.69, 9.17) is 15.2 Å². The highest BCUT2D eigenvalue weighted by molar-refractivity contribution is 4.74. The summed E-state index contributed by atoms with van der Waals surface area (Å²) in [5, 5.41) is 0. The Morgan fingerprint density at radius 1 is 1.33 bits per heavy atom. The third-order valence-electron chi connectivity index (χ3n) is 2.74. The van der Waals surface area contributed by atoms with Crippen molar-refractivity contribution in [3.05, 3.63) is 0 Å². The molecule has 2 N–H and O–H groups in total. The molecule has 0 amide bonds. The number of hydrogen-bond acceptors (Lipinski definition) is 4. The Kier molecular flexibility index (Phi) is 6.92. The summed E-state index contributed by atoms with van der Waals surface area (Å²) in [4.78, 5) is 2.44. The summed E-state index contributed by atoms with van der Waals surface area (Å²) in [6.45, 7) is 5.59. The Bertz CT molecular complexity index is 156. The summed E-state index contributed by atoms with van der Waals surface area (Å²) in [6, 6.07) is 0.383. The molecule has 1 atom stereocenters. The number of piperidine rings is 1. The molecule has 1 aliphatic rings. The van der Waals surface area contributed by atoms with Crippen molar-refractivity contribution in [3.8, 4) is 0 Å². The van der Waals surface area contributed by atoms with Crippen molar-refractivity contribution in [3.63, 3.8) is 0 Å². The highest BCUT2D eigenvalue weighted by atomic mass is 16.5. The van der Waals surface area contributed by atoms with Crippen molar-refractivity contribution in [2.24, 2.45) is 5.73 Å². The van der Waals surface area contributed by atoms with E-state index >= 15 is 0 Å². The van der Waals surface area contributed by atoms with Gasteiger partial charge in [-0.25, -0.2) is 0 Å². The van der Waals surface area contributed by atoms with Gasteiger partial charge in [0.2, 0.25) is 0 Å². The average Bonchev–Trinajstić information content (AvgIpc) is 2.23. The first-order valence-electron chi connectivity index (χ1n) is 5.87. The van der Waals surface area contributed by atoms with Crippen LogP contribution in [0.15, 0.2) is 0 Å². The first-order valence-corrected chi connectivity index (χ1v) is 5.87. The van der Waals surface area contributed by atoms with Crippen LogP contribution in [-0.2, 0) is 9.47 Å². The SMILES string of the molecule is COCCOCCCN1CCC[C@@H](N)C1. The molecular weight excluding hydrogens is 192 g/mol. The number of likely N-dealkylation sites (tertiary alicyclic amines) is 1. The van der Waals surface area contributed by atoms with Gasteiger partial charge in [0.25, 0.3) is 0 Å². The Morgan fingerprint density at radius 3 is 2.93 bits per heavy atom. The van der Waals surface area contributed by atoms with E-state index in [9.17, 15) is 0 Å². The zero-order valence-corrected chi connectivity index (χ0v) is 9.78. The van der Waals surface area contributed by atoms with Crippen LogP contribution >= 0.6 is 0 Å². The molecule has 15 heavy (non-hydrogen) atoms. The molecule has 0 aromatic heterocycles. The minimum atomic E-state index is 0.383. The lowest BCUT2D eigenvalue weighted by Gasteiger charge is -2.30. The van der Waals surface area contributed by atoms with Gasteiger partial charge in [0, 0.05) is 32.8 Å². The fourth-order valence-corrected chi connectivity index (χ4v) is 1.93. The summed E-state index contributed by atoms with van der Waals surface area (Å²) in [7, 11) is 1.69. The molecule has 0 aromatic carbocycles. The molecule has 0 saturated carbocycles. The molecule has 0 radical (unpaired) electrons. The summed E-state index contributed by atoms with van der Waals surface area (Å²) in [6.07, 6.45) is 3.52. The quantitative estimate of drug-likeness (QED) is 0.628. The molecule has 4 heteroatoms. The van der Waals surface area contributed by atoms with Gasteiger partial charge in [-0.2, -0.15) is 0 Å². The molecule has 1 aliphatic heterocycles. The van der Waals surface area contributed by atoms with Gasteiger partial charge >= 0.3 is 0 Å². The van der Waals surface area contributed by atoms with Gasteiger partial charge in [-0.15, -0.1) is 0 Å². The van der Waals surface area contributed by atoms with E-state index in [0.29, 0.717) is 19.3 Å². The Balaban J connectivity index is 1.90. The maximum absolute atomic E-state index is 5.91. The van der Waals surface area contributed by atoms with Crippen LogP contribution in [0.4, 0.5) is 0 Å². The maximum atomic E-state index is 5.91. The van der Waals surface area contributed by atoms with Crippen LogP contribution in [0.2, 0.25) is 0 Å². The lowest BCUT2D eigenvalue weighted by atomic mass is 10.1. The van der Waals surface area contributed by atoms with Gasteiger partial charge < -0.3 is 20.1 Å². The summed E-state index contributed by atoms with van der Waals surface area (Å²) < 4.78 is 10.3. The Hall–Kier alpha value is -0.160. The first-order chi connectivity index (χ1) is 7.33. The summed E-state index contributed by atoms with van der Waals surface area (Å²) in [5.74, 6) is 0. The van der Waals surface area contributed by atoms with Crippen molar-refractivity contribution >= 4 is 0 Å². The van der Waals surface area contributed by atoms with Crippen molar-refractivity contribution < 1.29 is 9.47 Å². The second kappa shape index (κ2) is 8.05. The predicted octanol–water partition coefficient (Wildman–Crippen LogP) is 0.463. The van der Waals surface area contributed by atoms with E-state index < -0.39 is 0 Å². The van der Waals surface area contributed by atoms with Gasteiger partial charge in [-0.1, -0.05) is 0 Å². The predicted molar refractivity (Wildman–Crippen MR) is 61.0 cm³/mol. The molecule has 0 unspecified atom stereocenters. The zero-order chi connectivity index (χ0) is 10.9. The van der Waals surface area contributed by atoms with E-state index in [-0.39, 0.29) is 0 Å². The molecule has 0 aliphatic carbocycles. The van der Waals surface area contributed by atoms with E-state index in [1.807, 2.05) is 0 Å². The number of hydrogen-bond donors (Lipinski definition) is 1. The number of ether oxygens (including phenoxy) is 2. The van der Waals surface area contributed by atoms with Gasteiger partial charge in [0.05, 0.1) is 13.2 Å². The first kappa shape index (κ1) is 12.9. The molecule has 1 fully saturated rings. The number of nitrogens with zero attached hydrogens (tertiary/aromatic N) is 1. The van der Waals surface area contributed by atoms with Crippen LogP contribution in [0.25, 0.3) is 0 Å². The molecule has 1 heterocycles. The largest absolute Gasteiger partial charge is 0.382 e. The van der Waals surface area contributed by atoms with Crippen molar-refractivity contribution in [1.82, 2.24) is 4.90 Å². The lowest BCUT2D eigenvalue weighted by molar-refractivity contribution is 0.0637. The maximum Gasteiger partial charge on any atom is 0.0700 e. The van der Waals surface area contributed by atoms with Crippen molar-refractivity contribution in [1.29, 1.82) is 0 Å². The highest BCUT2D eigenvalue weighted by Crippen LogP contribution is 2.08. The van der Waals surface area contributed by atoms with E-state index in [1.165, 1.54) is 19.4 Å². The molecule has 0 spiro atoms. The van der Waals surface area contributed by atoms with Crippen molar-refractivity contribution in [2.45, 2.75) is 25.3 Å². The van der Waals surface area contributed by atoms with Crippen LogP contribution in [-0.4, -0.2) is 57.5 Å². The second-order valence-corrected chi connectivity index (χ2v) is 4.16. The van der Waals surface area contributed by atoms with E-state index in [2.05, 4.69) is 4.90 Å². The number of methoxy groups -OCH3 is 1. The standard InChI is InChI=1S/C11H24N2O2/c1-14-8-9-15-7-3-6-13-5-2-4-11(12)10-13/h11H,2-10,12H2,1H3/t11-/m1/s1. The fraction of sp³-hybridized carbons (Fsp3) is 1.00. The van der Waals surface area contributed by atoms with Gasteiger partial charge in [0.15, 0.2) is 0 Å². The van der Waals surface area contributed by atoms with Crippen molar-refractivity contribution in [2.75, 3.05) is 46.6 Å². The van der Waals surface area contributed by atoms with Crippen LogP contribution < -0.4 is 5.73 Å². The highest BCUT2D eigenvalue weighted by Gasteiger charge is 2.15. The minimum Gasteiger partial charge on any atom is -0.382 e. The van der Waals surface area contributed by atoms with E-state index in [0.717, 1.165) is 26.1 Å². The Morgan fingerprint density at radius 2 is 2.20 bits per heavy atom. The molecule has 0 bridgehead atoms. The fourth-order valence-electron chi connectivity index (χ4n) is 1.93. The zero-order valence-electron chi connectivity index (χ0n) is 9.78. The molecule has 1 saturated heterocycles. The van der Waals surface area contributed by atoms with Crippen LogP contribution in [0.3, 0.4) is 0 Å². The van der Waals surface area contributed by atoms with Gasteiger partial charge in [-0.05, 0) is 25.8 Å². The Labute approximate surface area is 92.7 Å².